The Balaban J connectivity index is 1.91. The van der Waals surface area contributed by atoms with E-state index < -0.39 is 5.97 Å². The third-order valence-electron chi connectivity index (χ3n) is 3.87. The molecule has 0 radical (unpaired) electrons. The van der Waals surface area contributed by atoms with E-state index in [-0.39, 0.29) is 24.0 Å². The second-order valence-electron chi connectivity index (χ2n) is 5.91. The van der Waals surface area contributed by atoms with E-state index >= 15 is 0 Å². The number of hydrogen-bond donors (Lipinski definition) is 2. The van der Waals surface area contributed by atoms with Gasteiger partial charge in [-0.2, -0.15) is 0 Å². The minimum atomic E-state index is -1.03. The molecule has 2 aromatic rings. The summed E-state index contributed by atoms with van der Waals surface area (Å²) in [6.07, 6.45) is 0.643. The Labute approximate surface area is 147 Å². The van der Waals surface area contributed by atoms with Crippen LogP contribution in [0, 0.1) is 6.92 Å². The van der Waals surface area contributed by atoms with E-state index in [0.717, 1.165) is 17.7 Å². The maximum absolute atomic E-state index is 12.2. The summed E-state index contributed by atoms with van der Waals surface area (Å²) in [5.41, 5.74) is 1.77. The van der Waals surface area contributed by atoms with Gasteiger partial charge in [0.2, 0.25) is 5.91 Å². The van der Waals surface area contributed by atoms with Gasteiger partial charge in [-0.3, -0.25) is 4.79 Å². The molecule has 0 aliphatic carbocycles. The largest absolute Gasteiger partial charge is 0.489 e. The highest BCUT2D eigenvalue weighted by atomic mass is 16.5. The molecular formula is C20H23NO4. The molecular weight excluding hydrogens is 318 g/mol. The highest BCUT2D eigenvalue weighted by Crippen LogP contribution is 2.15. The van der Waals surface area contributed by atoms with Crippen molar-refractivity contribution >= 4 is 11.9 Å². The zero-order chi connectivity index (χ0) is 18.2. The van der Waals surface area contributed by atoms with Crippen LogP contribution in [0.4, 0.5) is 0 Å². The number of benzene rings is 2. The first kappa shape index (κ1) is 18.5. The predicted octanol–water partition coefficient (Wildman–Crippen LogP) is 3.21. The number of aryl methyl sites for hydroxylation is 1. The number of rotatable bonds is 8. The van der Waals surface area contributed by atoms with Crippen molar-refractivity contribution in [2.24, 2.45) is 0 Å². The van der Waals surface area contributed by atoms with Crippen molar-refractivity contribution in [3.63, 3.8) is 0 Å². The first-order chi connectivity index (χ1) is 12.0. The number of carboxylic acids is 1. The smallest absolute Gasteiger partial charge is 0.335 e. The van der Waals surface area contributed by atoms with E-state index in [1.165, 1.54) is 6.07 Å². The monoisotopic (exact) mass is 341 g/mol. The van der Waals surface area contributed by atoms with Crippen LogP contribution in [0.15, 0.2) is 48.5 Å². The lowest BCUT2D eigenvalue weighted by molar-refractivity contribution is -0.120. The summed E-state index contributed by atoms with van der Waals surface area (Å²) in [6, 6.07) is 14.3. The summed E-state index contributed by atoms with van der Waals surface area (Å²) in [7, 11) is 0. The number of amides is 1. The van der Waals surface area contributed by atoms with Gasteiger partial charge in [0.05, 0.1) is 18.5 Å². The molecule has 2 rings (SSSR count). The van der Waals surface area contributed by atoms with Gasteiger partial charge >= 0.3 is 5.97 Å². The van der Waals surface area contributed by atoms with Crippen molar-refractivity contribution in [1.82, 2.24) is 5.32 Å². The maximum atomic E-state index is 12.2. The van der Waals surface area contributed by atoms with Crippen LogP contribution in [0.25, 0.3) is 0 Å². The second-order valence-corrected chi connectivity index (χ2v) is 5.91. The summed E-state index contributed by atoms with van der Waals surface area (Å²) in [4.78, 5) is 23.3. The Morgan fingerprint density at radius 1 is 1.16 bits per heavy atom. The molecule has 0 aliphatic rings. The number of hydrogen-bond acceptors (Lipinski definition) is 3. The molecule has 1 amide bonds. The summed E-state index contributed by atoms with van der Waals surface area (Å²) in [5, 5.41) is 12.0. The fourth-order valence-electron chi connectivity index (χ4n) is 2.50. The zero-order valence-electron chi connectivity index (χ0n) is 14.5. The topological polar surface area (TPSA) is 75.6 Å². The van der Waals surface area contributed by atoms with Gasteiger partial charge in [-0.05, 0) is 42.7 Å². The van der Waals surface area contributed by atoms with E-state index in [2.05, 4.69) is 5.32 Å². The summed E-state index contributed by atoms with van der Waals surface area (Å²) < 4.78 is 5.90. The lowest BCUT2D eigenvalue weighted by atomic mass is 10.0. The quantitative estimate of drug-likeness (QED) is 0.773. The predicted molar refractivity (Wildman–Crippen MR) is 96.0 cm³/mol. The minimum Gasteiger partial charge on any atom is -0.489 e. The highest BCUT2D eigenvalue weighted by Gasteiger charge is 2.14. The van der Waals surface area contributed by atoms with Crippen molar-refractivity contribution in [1.29, 1.82) is 0 Å². The van der Waals surface area contributed by atoms with Gasteiger partial charge in [0.15, 0.2) is 0 Å². The van der Waals surface area contributed by atoms with Gasteiger partial charge < -0.3 is 15.2 Å². The number of aromatic carboxylic acids is 1. The van der Waals surface area contributed by atoms with Crippen molar-refractivity contribution in [3.05, 3.63) is 65.2 Å². The van der Waals surface area contributed by atoms with Gasteiger partial charge in [0, 0.05) is 0 Å². The Bertz CT molecular complexity index is 742. The van der Waals surface area contributed by atoms with E-state index in [0.29, 0.717) is 12.1 Å². The van der Waals surface area contributed by atoms with Crippen LogP contribution in [0.3, 0.4) is 0 Å². The molecule has 0 aromatic heterocycles. The molecule has 1 unspecified atom stereocenters. The molecule has 0 spiro atoms. The molecule has 5 nitrogen and oxygen atoms in total. The Hall–Kier alpha value is -2.82. The molecule has 2 N–H and O–H groups in total. The van der Waals surface area contributed by atoms with E-state index in [4.69, 9.17) is 9.84 Å². The molecule has 2 aromatic carbocycles. The molecule has 0 aliphatic heterocycles. The van der Waals surface area contributed by atoms with Crippen LogP contribution < -0.4 is 10.1 Å². The van der Waals surface area contributed by atoms with E-state index in [1.807, 2.05) is 38.1 Å². The van der Waals surface area contributed by atoms with Crippen LogP contribution in [0.2, 0.25) is 0 Å². The molecule has 0 fully saturated rings. The van der Waals surface area contributed by atoms with Gasteiger partial charge in [0.1, 0.15) is 11.9 Å². The molecule has 1 atom stereocenters. The molecule has 0 bridgehead atoms. The number of carbonyl (C=O) groups is 2. The van der Waals surface area contributed by atoms with Gasteiger partial charge in [-0.15, -0.1) is 0 Å². The minimum absolute atomic E-state index is 0.0311. The van der Waals surface area contributed by atoms with Crippen LogP contribution in [-0.2, 0) is 11.2 Å². The van der Waals surface area contributed by atoms with E-state index in [1.54, 1.807) is 18.2 Å². The number of ether oxygens (including phenoxy) is 1. The van der Waals surface area contributed by atoms with Gasteiger partial charge in [0.25, 0.3) is 0 Å². The van der Waals surface area contributed by atoms with Crippen LogP contribution >= 0.6 is 0 Å². The Morgan fingerprint density at radius 2 is 1.92 bits per heavy atom. The van der Waals surface area contributed by atoms with Gasteiger partial charge in [-0.25, -0.2) is 4.79 Å². The lowest BCUT2D eigenvalue weighted by Crippen LogP contribution is -2.36. The first-order valence-corrected chi connectivity index (χ1v) is 8.30. The van der Waals surface area contributed by atoms with Crippen molar-refractivity contribution in [2.75, 3.05) is 6.54 Å². The highest BCUT2D eigenvalue weighted by molar-refractivity contribution is 5.91. The standard InChI is InChI=1S/C20H23NO4/c1-3-16(25-17-9-6-7-14(2)11-17)13-21-19(22)12-15-8-4-5-10-18(15)20(23)24/h4-11,16H,3,12-13H2,1-2H3,(H,21,22)(H,23,24). The fraction of sp³-hybridized carbons (Fsp3) is 0.300. The summed E-state index contributed by atoms with van der Waals surface area (Å²) in [6.45, 7) is 4.36. The Morgan fingerprint density at radius 3 is 2.60 bits per heavy atom. The SMILES string of the molecule is CCC(CNC(=O)Cc1ccccc1C(=O)O)Oc1cccc(C)c1. The average molecular weight is 341 g/mol. The van der Waals surface area contributed by atoms with Gasteiger partial charge in [-0.1, -0.05) is 37.3 Å². The number of nitrogens with one attached hydrogen (secondary N) is 1. The molecule has 0 heterocycles. The molecule has 5 heteroatoms. The molecule has 0 saturated carbocycles. The lowest BCUT2D eigenvalue weighted by Gasteiger charge is -2.18. The van der Waals surface area contributed by atoms with Crippen LogP contribution in [0.1, 0.15) is 34.8 Å². The Kier molecular flexibility index (Phi) is 6.57. The fourth-order valence-corrected chi connectivity index (χ4v) is 2.50. The maximum Gasteiger partial charge on any atom is 0.335 e. The van der Waals surface area contributed by atoms with Crippen molar-refractivity contribution < 1.29 is 19.4 Å². The third-order valence-corrected chi connectivity index (χ3v) is 3.87. The average Bonchev–Trinajstić information content (AvgIpc) is 2.59. The molecule has 132 valence electrons. The molecule has 25 heavy (non-hydrogen) atoms. The number of carboxylic acid groups (broad SMARTS) is 1. The normalized spacial score (nSPS) is 11.6. The van der Waals surface area contributed by atoms with Crippen molar-refractivity contribution in [3.8, 4) is 5.75 Å². The zero-order valence-corrected chi connectivity index (χ0v) is 14.5. The van der Waals surface area contributed by atoms with E-state index in [9.17, 15) is 9.59 Å². The third kappa shape index (κ3) is 5.64. The van der Waals surface area contributed by atoms with Crippen molar-refractivity contribution in [2.45, 2.75) is 32.8 Å². The first-order valence-electron chi connectivity index (χ1n) is 8.30. The molecule has 0 saturated heterocycles. The summed E-state index contributed by atoms with van der Waals surface area (Å²) in [5.74, 6) is -0.477. The number of carbonyl (C=O) groups excluding carboxylic acids is 1. The second kappa shape index (κ2) is 8.87. The van der Waals surface area contributed by atoms with Crippen LogP contribution in [-0.4, -0.2) is 29.6 Å². The summed E-state index contributed by atoms with van der Waals surface area (Å²) >= 11 is 0. The van der Waals surface area contributed by atoms with Crippen LogP contribution in [0.5, 0.6) is 5.75 Å².